The molecular formula is C21H20N4OS. The van der Waals surface area contributed by atoms with Crippen LogP contribution in [0.25, 0.3) is 16.6 Å². The molecule has 2 heterocycles. The van der Waals surface area contributed by atoms with Crippen LogP contribution in [0.15, 0.2) is 59.8 Å². The summed E-state index contributed by atoms with van der Waals surface area (Å²) in [4.78, 5) is 12.6. The number of hydrogen-bond donors (Lipinski definition) is 1. The van der Waals surface area contributed by atoms with Crippen LogP contribution in [0.2, 0.25) is 0 Å². The fourth-order valence-electron chi connectivity index (χ4n) is 3.04. The third-order valence-electron chi connectivity index (χ3n) is 4.54. The van der Waals surface area contributed by atoms with Gasteiger partial charge >= 0.3 is 0 Å². The first-order valence-electron chi connectivity index (χ1n) is 8.80. The molecule has 136 valence electrons. The molecule has 4 rings (SSSR count). The van der Waals surface area contributed by atoms with Crippen LogP contribution in [0, 0.1) is 13.8 Å². The highest BCUT2D eigenvalue weighted by atomic mass is 32.2. The zero-order chi connectivity index (χ0) is 19.0. The molecule has 0 aliphatic carbocycles. The Kier molecular flexibility index (Phi) is 4.58. The van der Waals surface area contributed by atoms with Crippen LogP contribution < -0.4 is 5.32 Å². The average Bonchev–Trinajstić information content (AvgIpc) is 3.06. The molecule has 6 heteroatoms. The number of anilines is 1. The molecule has 0 aliphatic rings. The molecule has 1 atom stereocenters. The summed E-state index contributed by atoms with van der Waals surface area (Å²) in [6.45, 7) is 5.97. The van der Waals surface area contributed by atoms with Gasteiger partial charge in [-0.3, -0.25) is 9.20 Å². The van der Waals surface area contributed by atoms with Crippen molar-refractivity contribution >= 4 is 39.9 Å². The molecule has 2 aromatic carbocycles. The maximum absolute atomic E-state index is 12.6. The van der Waals surface area contributed by atoms with Crippen LogP contribution in [-0.2, 0) is 4.79 Å². The number of nitrogens with zero attached hydrogens (tertiary/aromatic N) is 3. The maximum atomic E-state index is 12.6. The number of rotatable bonds is 4. The number of pyridine rings is 1. The minimum Gasteiger partial charge on any atom is -0.325 e. The fraction of sp³-hybridized carbons (Fsp3) is 0.190. The van der Waals surface area contributed by atoms with Crippen molar-refractivity contribution in [3.63, 3.8) is 0 Å². The summed E-state index contributed by atoms with van der Waals surface area (Å²) in [6.07, 6.45) is 0. The van der Waals surface area contributed by atoms with E-state index in [2.05, 4.69) is 34.6 Å². The van der Waals surface area contributed by atoms with E-state index >= 15 is 0 Å². The molecular weight excluding hydrogens is 356 g/mol. The number of benzene rings is 2. The summed E-state index contributed by atoms with van der Waals surface area (Å²) >= 11 is 1.41. The molecule has 0 unspecified atom stereocenters. The summed E-state index contributed by atoms with van der Waals surface area (Å²) in [5, 5.41) is 13.1. The van der Waals surface area contributed by atoms with E-state index < -0.39 is 0 Å². The van der Waals surface area contributed by atoms with Gasteiger partial charge in [0.25, 0.3) is 0 Å². The zero-order valence-electron chi connectivity index (χ0n) is 15.4. The maximum Gasteiger partial charge on any atom is 0.237 e. The van der Waals surface area contributed by atoms with E-state index in [0.717, 1.165) is 33.4 Å². The topological polar surface area (TPSA) is 59.3 Å². The van der Waals surface area contributed by atoms with Crippen molar-refractivity contribution in [2.45, 2.75) is 31.2 Å². The van der Waals surface area contributed by atoms with Gasteiger partial charge in [0.2, 0.25) is 5.91 Å². The van der Waals surface area contributed by atoms with E-state index in [1.165, 1.54) is 11.8 Å². The highest BCUT2D eigenvalue weighted by molar-refractivity contribution is 8.00. The number of aryl methyl sites for hydroxylation is 2. The lowest BCUT2D eigenvalue weighted by Gasteiger charge is -2.12. The van der Waals surface area contributed by atoms with E-state index in [1.807, 2.05) is 60.7 Å². The van der Waals surface area contributed by atoms with Crippen molar-refractivity contribution in [2.24, 2.45) is 0 Å². The van der Waals surface area contributed by atoms with Crippen molar-refractivity contribution in [3.8, 4) is 0 Å². The van der Waals surface area contributed by atoms with Crippen molar-refractivity contribution in [2.75, 3.05) is 5.32 Å². The summed E-state index contributed by atoms with van der Waals surface area (Å²) in [7, 11) is 0. The van der Waals surface area contributed by atoms with E-state index in [1.54, 1.807) is 0 Å². The summed E-state index contributed by atoms with van der Waals surface area (Å²) in [5.74, 6) is -0.0583. The van der Waals surface area contributed by atoms with Crippen LogP contribution in [0.4, 0.5) is 5.69 Å². The predicted molar refractivity (Wildman–Crippen MR) is 110 cm³/mol. The molecule has 5 nitrogen and oxygen atoms in total. The average molecular weight is 376 g/mol. The Morgan fingerprint density at radius 3 is 2.59 bits per heavy atom. The normalized spacial score (nSPS) is 12.4. The fourth-order valence-corrected chi connectivity index (χ4v) is 3.91. The van der Waals surface area contributed by atoms with Gasteiger partial charge in [0.1, 0.15) is 0 Å². The lowest BCUT2D eigenvalue weighted by atomic mass is 10.1. The number of para-hydroxylation sites is 1. The van der Waals surface area contributed by atoms with E-state index in [9.17, 15) is 4.79 Å². The monoisotopic (exact) mass is 376 g/mol. The van der Waals surface area contributed by atoms with Gasteiger partial charge < -0.3 is 5.32 Å². The van der Waals surface area contributed by atoms with Crippen molar-refractivity contribution in [3.05, 3.63) is 65.7 Å². The molecule has 0 saturated heterocycles. The molecule has 27 heavy (non-hydrogen) atoms. The Hall–Kier alpha value is -2.86. The molecule has 1 N–H and O–H groups in total. The minimum absolute atomic E-state index is 0.0583. The summed E-state index contributed by atoms with van der Waals surface area (Å²) in [6, 6.07) is 18.0. The molecule has 0 spiro atoms. The van der Waals surface area contributed by atoms with Crippen LogP contribution in [0.3, 0.4) is 0 Å². The largest absolute Gasteiger partial charge is 0.325 e. The quantitative estimate of drug-likeness (QED) is 0.528. The van der Waals surface area contributed by atoms with E-state index in [4.69, 9.17) is 0 Å². The van der Waals surface area contributed by atoms with Crippen LogP contribution in [0.5, 0.6) is 0 Å². The highest BCUT2D eigenvalue weighted by Gasteiger charge is 2.19. The Labute approximate surface area is 161 Å². The van der Waals surface area contributed by atoms with Gasteiger partial charge in [0.15, 0.2) is 10.8 Å². The molecule has 0 radical (unpaired) electrons. The molecule has 0 fully saturated rings. The number of fused-ring (bicyclic) bond motifs is 3. The van der Waals surface area contributed by atoms with Gasteiger partial charge in [0, 0.05) is 11.1 Å². The second-order valence-electron chi connectivity index (χ2n) is 6.64. The molecule has 1 amide bonds. The Balaban J connectivity index is 1.62. The molecule has 0 saturated carbocycles. The number of carbonyl (C=O) groups excluding carboxylic acids is 1. The lowest BCUT2D eigenvalue weighted by Crippen LogP contribution is -2.22. The van der Waals surface area contributed by atoms with Crippen molar-refractivity contribution in [1.29, 1.82) is 0 Å². The summed E-state index contributed by atoms with van der Waals surface area (Å²) < 4.78 is 2.02. The third kappa shape index (κ3) is 3.40. The molecule has 0 aliphatic heterocycles. The number of nitrogens with one attached hydrogen (secondary N) is 1. The Bertz CT molecular complexity index is 1130. The number of thioether (sulfide) groups is 1. The zero-order valence-corrected chi connectivity index (χ0v) is 16.2. The van der Waals surface area contributed by atoms with E-state index in [0.29, 0.717) is 5.16 Å². The van der Waals surface area contributed by atoms with Crippen molar-refractivity contribution in [1.82, 2.24) is 14.6 Å². The van der Waals surface area contributed by atoms with Gasteiger partial charge in [-0.05, 0) is 50.6 Å². The minimum atomic E-state index is -0.307. The van der Waals surface area contributed by atoms with Crippen LogP contribution >= 0.6 is 11.8 Å². The molecule has 2 aromatic heterocycles. The van der Waals surface area contributed by atoms with Gasteiger partial charge in [0.05, 0.1) is 10.8 Å². The summed E-state index contributed by atoms with van der Waals surface area (Å²) in [5.41, 5.74) is 4.95. The van der Waals surface area contributed by atoms with Gasteiger partial charge in [-0.1, -0.05) is 47.7 Å². The number of aromatic nitrogens is 3. The number of carbonyl (C=O) groups is 1. The Morgan fingerprint density at radius 1 is 1.07 bits per heavy atom. The van der Waals surface area contributed by atoms with Gasteiger partial charge in [-0.25, -0.2) is 0 Å². The van der Waals surface area contributed by atoms with Gasteiger partial charge in [-0.15, -0.1) is 10.2 Å². The Morgan fingerprint density at radius 2 is 1.81 bits per heavy atom. The molecule has 4 aromatic rings. The van der Waals surface area contributed by atoms with Gasteiger partial charge in [-0.2, -0.15) is 0 Å². The molecule has 0 bridgehead atoms. The number of amides is 1. The third-order valence-corrected chi connectivity index (χ3v) is 5.59. The highest BCUT2D eigenvalue weighted by Crippen LogP contribution is 2.28. The van der Waals surface area contributed by atoms with Crippen LogP contribution in [0.1, 0.15) is 18.1 Å². The second kappa shape index (κ2) is 7.04. The first-order chi connectivity index (χ1) is 13.0. The number of hydrogen-bond acceptors (Lipinski definition) is 4. The smallest absolute Gasteiger partial charge is 0.237 e. The van der Waals surface area contributed by atoms with Crippen molar-refractivity contribution < 1.29 is 4.79 Å². The predicted octanol–water partition coefficient (Wildman–Crippen LogP) is 4.62. The second-order valence-corrected chi connectivity index (χ2v) is 7.94. The first kappa shape index (κ1) is 17.5. The SMILES string of the molecule is Cc1ccc(NC(=O)[C@H](C)Sc2nnc3cc(C)c4ccccc4n23)cc1. The van der Waals surface area contributed by atoms with Crippen LogP contribution in [-0.4, -0.2) is 25.8 Å². The van der Waals surface area contributed by atoms with E-state index in [-0.39, 0.29) is 11.2 Å². The lowest BCUT2D eigenvalue weighted by molar-refractivity contribution is -0.115. The first-order valence-corrected chi connectivity index (χ1v) is 9.68. The standard InChI is InChI=1S/C21H20N4OS/c1-13-8-10-16(11-9-13)22-20(26)15(3)27-21-24-23-19-12-14(2)17-6-4-5-7-18(17)25(19)21/h4-12,15H,1-3H3,(H,22,26)/t15-/m0/s1.